The van der Waals surface area contributed by atoms with E-state index in [4.69, 9.17) is 29.0 Å². The van der Waals surface area contributed by atoms with Gasteiger partial charge < -0.3 is 9.47 Å². The van der Waals surface area contributed by atoms with E-state index in [1.54, 1.807) is 0 Å². The van der Waals surface area contributed by atoms with Crippen LogP contribution >= 0.6 is 0 Å². The maximum Gasteiger partial charge on any atom is 0.122 e. The first-order valence-corrected chi connectivity index (χ1v) is 8.99. The van der Waals surface area contributed by atoms with E-state index in [2.05, 4.69) is 0 Å². The van der Waals surface area contributed by atoms with Crippen molar-refractivity contribution in [3.05, 3.63) is 24.3 Å². The summed E-state index contributed by atoms with van der Waals surface area (Å²) in [4.78, 5) is 20.9. The zero-order valence-corrected chi connectivity index (χ0v) is 17.3. The summed E-state index contributed by atoms with van der Waals surface area (Å²) in [6, 6.07) is 7.43. The smallest absolute Gasteiger partial charge is 0.122 e. The lowest BCUT2D eigenvalue weighted by molar-refractivity contribution is -0.354. The lowest BCUT2D eigenvalue weighted by Crippen LogP contribution is -2.25. The first-order valence-electron chi connectivity index (χ1n) is 8.99. The largest absolute Gasteiger partial charge is 0.488 e. The first-order chi connectivity index (χ1) is 11.9. The molecule has 2 atom stereocenters. The Hall–Kier alpha value is -1.34. The minimum Gasteiger partial charge on any atom is -0.488 e. The van der Waals surface area contributed by atoms with Crippen molar-refractivity contribution in [2.24, 2.45) is 0 Å². The summed E-state index contributed by atoms with van der Waals surface area (Å²) in [5, 5.41) is 0. The fourth-order valence-electron chi connectivity index (χ4n) is 1.74. The summed E-state index contributed by atoms with van der Waals surface area (Å²) in [5.41, 5.74) is -0.673. The molecule has 1 rings (SSSR count). The van der Waals surface area contributed by atoms with Crippen LogP contribution in [0.5, 0.6) is 11.5 Å². The van der Waals surface area contributed by atoms with E-state index in [-0.39, 0.29) is 23.4 Å². The maximum absolute atomic E-state index is 5.79. The summed E-state index contributed by atoms with van der Waals surface area (Å²) >= 11 is 0. The molecule has 0 amide bonds. The van der Waals surface area contributed by atoms with Crippen molar-refractivity contribution in [1.29, 1.82) is 0 Å². The van der Waals surface area contributed by atoms with Crippen LogP contribution in [-0.2, 0) is 19.6 Å². The summed E-state index contributed by atoms with van der Waals surface area (Å²) in [5.74, 6) is 1.48. The van der Waals surface area contributed by atoms with E-state index in [1.807, 2.05) is 79.7 Å². The number of ether oxygens (including phenoxy) is 2. The number of rotatable bonds is 10. The van der Waals surface area contributed by atoms with E-state index in [1.165, 1.54) is 0 Å². The highest BCUT2D eigenvalue weighted by Crippen LogP contribution is 2.20. The Balaban J connectivity index is 2.34. The topological polar surface area (TPSA) is 55.4 Å². The van der Waals surface area contributed by atoms with E-state index < -0.39 is 0 Å². The van der Waals surface area contributed by atoms with Crippen molar-refractivity contribution in [3.8, 4) is 11.5 Å². The Morgan fingerprint density at radius 3 is 1.23 bits per heavy atom. The third kappa shape index (κ3) is 11.3. The predicted octanol–water partition coefficient (Wildman–Crippen LogP) is 4.71. The van der Waals surface area contributed by atoms with Gasteiger partial charge in [-0.2, -0.15) is 0 Å². The van der Waals surface area contributed by atoms with Gasteiger partial charge in [0.1, 0.15) is 36.9 Å². The highest BCUT2D eigenvalue weighted by molar-refractivity contribution is 5.31. The average Bonchev–Trinajstić information content (AvgIpc) is 2.46. The number of benzene rings is 1. The molecule has 0 spiro atoms. The van der Waals surface area contributed by atoms with Gasteiger partial charge in [0.15, 0.2) is 0 Å². The van der Waals surface area contributed by atoms with Gasteiger partial charge in [0.2, 0.25) is 0 Å². The SMILES string of the molecule is CC(COOC(C)(C)C)Oc1ccc(OC(C)COOC(C)(C)C)cc1. The van der Waals surface area contributed by atoms with Gasteiger partial charge in [-0.3, -0.25) is 0 Å². The van der Waals surface area contributed by atoms with Crippen molar-refractivity contribution in [2.75, 3.05) is 13.2 Å². The Labute approximate surface area is 157 Å². The Kier molecular flexibility index (Phi) is 8.83. The third-order valence-electron chi connectivity index (χ3n) is 2.72. The monoisotopic (exact) mass is 370 g/mol. The molecule has 2 unspecified atom stereocenters. The minimum atomic E-state index is -0.336. The van der Waals surface area contributed by atoms with Crippen molar-refractivity contribution >= 4 is 0 Å². The molecule has 0 aliphatic heterocycles. The Bertz CT molecular complexity index is 454. The van der Waals surface area contributed by atoms with E-state index in [9.17, 15) is 0 Å². The Morgan fingerprint density at radius 1 is 0.654 bits per heavy atom. The lowest BCUT2D eigenvalue weighted by Gasteiger charge is -2.21. The molecule has 150 valence electrons. The third-order valence-corrected chi connectivity index (χ3v) is 2.72. The van der Waals surface area contributed by atoms with Crippen LogP contribution in [0.3, 0.4) is 0 Å². The van der Waals surface area contributed by atoms with E-state index >= 15 is 0 Å². The molecule has 1 aromatic carbocycles. The minimum absolute atomic E-state index is 0.133. The highest BCUT2D eigenvalue weighted by atomic mass is 17.2. The molecule has 0 aromatic heterocycles. The fourth-order valence-corrected chi connectivity index (χ4v) is 1.74. The molecule has 0 N–H and O–H groups in total. The van der Waals surface area contributed by atoms with Gasteiger partial charge in [0.25, 0.3) is 0 Å². The molecule has 0 heterocycles. The summed E-state index contributed by atoms with van der Waals surface area (Å²) in [6.45, 7) is 16.1. The number of hydrogen-bond acceptors (Lipinski definition) is 6. The zero-order chi connectivity index (χ0) is 19.8. The fraction of sp³-hybridized carbons (Fsp3) is 0.700. The molecule has 26 heavy (non-hydrogen) atoms. The average molecular weight is 370 g/mol. The molecule has 0 aliphatic rings. The zero-order valence-electron chi connectivity index (χ0n) is 17.3. The van der Waals surface area contributed by atoms with Gasteiger partial charge in [0, 0.05) is 0 Å². The standard InChI is InChI=1S/C20H34O6/c1-15(13-21-25-19(3,4)5)23-17-9-11-18(12-10-17)24-16(2)14-22-26-20(6,7)8/h9-12,15-16H,13-14H2,1-8H3. The molecule has 0 saturated heterocycles. The van der Waals surface area contributed by atoms with Crippen LogP contribution in [0.25, 0.3) is 0 Å². The summed E-state index contributed by atoms with van der Waals surface area (Å²) in [6.07, 6.45) is -0.267. The van der Waals surface area contributed by atoms with Gasteiger partial charge in [-0.1, -0.05) is 0 Å². The number of hydrogen-bond donors (Lipinski definition) is 0. The van der Waals surface area contributed by atoms with E-state index in [0.717, 1.165) is 11.5 Å². The van der Waals surface area contributed by atoms with Gasteiger partial charge >= 0.3 is 0 Å². The highest BCUT2D eigenvalue weighted by Gasteiger charge is 2.14. The van der Waals surface area contributed by atoms with Crippen molar-refractivity contribution in [3.63, 3.8) is 0 Å². The van der Waals surface area contributed by atoms with Crippen LogP contribution < -0.4 is 9.47 Å². The predicted molar refractivity (Wildman–Crippen MR) is 100 cm³/mol. The summed E-state index contributed by atoms with van der Waals surface area (Å²) in [7, 11) is 0. The second-order valence-corrected chi connectivity index (χ2v) is 8.29. The normalized spacial score (nSPS) is 14.8. The first kappa shape index (κ1) is 22.7. The van der Waals surface area contributed by atoms with Gasteiger partial charge in [-0.15, -0.1) is 0 Å². The van der Waals surface area contributed by atoms with Crippen LogP contribution in [0.4, 0.5) is 0 Å². The molecule has 0 bridgehead atoms. The summed E-state index contributed by atoms with van der Waals surface area (Å²) < 4.78 is 11.6. The molecular formula is C20H34O6. The van der Waals surface area contributed by atoms with E-state index in [0.29, 0.717) is 13.2 Å². The molecule has 0 radical (unpaired) electrons. The maximum atomic E-state index is 5.79. The van der Waals surface area contributed by atoms with Crippen LogP contribution in [0.2, 0.25) is 0 Å². The van der Waals surface area contributed by atoms with Crippen LogP contribution in [0.15, 0.2) is 24.3 Å². The molecule has 0 aliphatic carbocycles. The van der Waals surface area contributed by atoms with Crippen molar-refractivity contribution in [2.45, 2.75) is 78.8 Å². The van der Waals surface area contributed by atoms with Crippen molar-refractivity contribution in [1.82, 2.24) is 0 Å². The molecule has 1 aromatic rings. The second kappa shape index (κ2) is 10.1. The molecule has 0 saturated carbocycles. The van der Waals surface area contributed by atoms with Gasteiger partial charge in [0.05, 0.1) is 11.2 Å². The van der Waals surface area contributed by atoms with Gasteiger partial charge in [-0.25, -0.2) is 19.6 Å². The molecular weight excluding hydrogens is 336 g/mol. The van der Waals surface area contributed by atoms with Crippen LogP contribution in [0, 0.1) is 0 Å². The second-order valence-electron chi connectivity index (χ2n) is 8.29. The Morgan fingerprint density at radius 2 is 0.962 bits per heavy atom. The lowest BCUT2D eigenvalue weighted by atomic mass is 10.2. The van der Waals surface area contributed by atoms with Crippen molar-refractivity contribution < 1.29 is 29.0 Å². The van der Waals surface area contributed by atoms with Crippen LogP contribution in [0.1, 0.15) is 55.4 Å². The van der Waals surface area contributed by atoms with Gasteiger partial charge in [-0.05, 0) is 79.7 Å². The molecule has 6 nitrogen and oxygen atoms in total. The molecule has 0 fully saturated rings. The molecule has 6 heteroatoms. The quantitative estimate of drug-likeness (QED) is 0.439. The van der Waals surface area contributed by atoms with Crippen LogP contribution in [-0.4, -0.2) is 36.6 Å².